The number of para-hydroxylation sites is 2. The summed E-state index contributed by atoms with van der Waals surface area (Å²) >= 11 is 0. The van der Waals surface area contributed by atoms with E-state index in [9.17, 15) is 4.79 Å². The fraction of sp³-hybridized carbons (Fsp3) is 0.533. The van der Waals surface area contributed by atoms with Gasteiger partial charge in [0.2, 0.25) is 6.10 Å². The highest BCUT2D eigenvalue weighted by Crippen LogP contribution is 2.32. The van der Waals surface area contributed by atoms with Crippen LogP contribution in [0.3, 0.4) is 0 Å². The number of carbonyl (C=O) groups excluding carboxylic acids is 1. The van der Waals surface area contributed by atoms with Crippen molar-refractivity contribution >= 4 is 5.91 Å². The van der Waals surface area contributed by atoms with Crippen molar-refractivity contribution in [1.82, 2.24) is 10.2 Å². The number of benzene rings is 1. The van der Waals surface area contributed by atoms with Gasteiger partial charge in [-0.3, -0.25) is 4.79 Å². The fourth-order valence-corrected chi connectivity index (χ4v) is 2.90. The number of nitrogens with one attached hydrogen (secondary N) is 1. The van der Waals surface area contributed by atoms with E-state index in [4.69, 9.17) is 9.47 Å². The molecule has 2 aliphatic heterocycles. The molecule has 0 spiro atoms. The summed E-state index contributed by atoms with van der Waals surface area (Å²) in [6.07, 6.45) is 1.58. The Hall–Kier alpha value is -1.75. The predicted molar refractivity (Wildman–Crippen MR) is 75.0 cm³/mol. The summed E-state index contributed by atoms with van der Waals surface area (Å²) in [7, 11) is 1.91. The number of nitrogens with zero attached hydrogens (tertiary/aromatic N) is 1. The van der Waals surface area contributed by atoms with Crippen molar-refractivity contribution in [2.45, 2.75) is 25.0 Å². The van der Waals surface area contributed by atoms with Gasteiger partial charge in [0.25, 0.3) is 5.91 Å². The minimum Gasteiger partial charge on any atom is -0.485 e. The van der Waals surface area contributed by atoms with Gasteiger partial charge in [0, 0.05) is 19.1 Å². The number of rotatable bonds is 3. The highest BCUT2D eigenvalue weighted by Gasteiger charge is 2.36. The van der Waals surface area contributed by atoms with Gasteiger partial charge in [0.05, 0.1) is 0 Å². The Labute approximate surface area is 118 Å². The van der Waals surface area contributed by atoms with E-state index in [2.05, 4.69) is 5.32 Å². The molecule has 0 saturated carbocycles. The summed E-state index contributed by atoms with van der Waals surface area (Å²) in [6, 6.07) is 7.75. The zero-order valence-corrected chi connectivity index (χ0v) is 11.7. The van der Waals surface area contributed by atoms with Crippen LogP contribution in [0.15, 0.2) is 24.3 Å². The second kappa shape index (κ2) is 5.71. The van der Waals surface area contributed by atoms with Crippen LogP contribution in [0.1, 0.15) is 12.8 Å². The lowest BCUT2D eigenvalue weighted by Gasteiger charge is -2.31. The monoisotopic (exact) mass is 276 g/mol. The average molecular weight is 276 g/mol. The third-order valence-electron chi connectivity index (χ3n) is 3.88. The second-order valence-corrected chi connectivity index (χ2v) is 5.25. The summed E-state index contributed by atoms with van der Waals surface area (Å²) in [5, 5.41) is 3.15. The summed E-state index contributed by atoms with van der Waals surface area (Å²) in [4.78, 5) is 14.5. The van der Waals surface area contributed by atoms with Gasteiger partial charge in [0.15, 0.2) is 11.5 Å². The number of likely N-dealkylation sites (tertiary alicyclic amines) is 1. The smallest absolute Gasteiger partial charge is 0.267 e. The fourth-order valence-electron chi connectivity index (χ4n) is 2.90. The van der Waals surface area contributed by atoms with Gasteiger partial charge in [-0.25, -0.2) is 0 Å². The van der Waals surface area contributed by atoms with Crippen LogP contribution in [0.5, 0.6) is 11.5 Å². The third-order valence-corrected chi connectivity index (χ3v) is 3.88. The van der Waals surface area contributed by atoms with Gasteiger partial charge in [-0.15, -0.1) is 0 Å². The maximum absolute atomic E-state index is 12.6. The minimum absolute atomic E-state index is 0.0391. The predicted octanol–water partition coefficient (Wildman–Crippen LogP) is 1.04. The molecule has 2 heterocycles. The van der Waals surface area contributed by atoms with Crippen LogP contribution in [0, 0.1) is 0 Å². The van der Waals surface area contributed by atoms with Gasteiger partial charge in [-0.05, 0) is 32.0 Å². The van der Waals surface area contributed by atoms with Crippen molar-refractivity contribution in [2.24, 2.45) is 0 Å². The van der Waals surface area contributed by atoms with Crippen molar-refractivity contribution in [2.75, 3.05) is 26.7 Å². The number of fused-ring (bicyclic) bond motifs is 1. The Morgan fingerprint density at radius 2 is 2.20 bits per heavy atom. The number of hydrogen-bond donors (Lipinski definition) is 1. The molecule has 20 heavy (non-hydrogen) atoms. The van der Waals surface area contributed by atoms with Crippen molar-refractivity contribution in [1.29, 1.82) is 0 Å². The largest absolute Gasteiger partial charge is 0.485 e. The van der Waals surface area contributed by atoms with Crippen molar-refractivity contribution in [3.8, 4) is 11.5 Å². The molecule has 1 saturated heterocycles. The number of hydrogen-bond acceptors (Lipinski definition) is 4. The van der Waals surface area contributed by atoms with E-state index in [-0.39, 0.29) is 11.9 Å². The summed E-state index contributed by atoms with van der Waals surface area (Å²) < 4.78 is 11.4. The summed E-state index contributed by atoms with van der Waals surface area (Å²) in [5.74, 6) is 1.41. The quantitative estimate of drug-likeness (QED) is 0.896. The Morgan fingerprint density at radius 3 is 3.00 bits per heavy atom. The molecule has 1 fully saturated rings. The van der Waals surface area contributed by atoms with E-state index in [0.29, 0.717) is 18.1 Å². The highest BCUT2D eigenvalue weighted by atomic mass is 16.6. The molecule has 0 radical (unpaired) electrons. The van der Waals surface area contributed by atoms with Crippen LogP contribution in [0.25, 0.3) is 0 Å². The molecule has 2 atom stereocenters. The van der Waals surface area contributed by atoms with Crippen molar-refractivity contribution in [3.63, 3.8) is 0 Å². The molecule has 1 aromatic carbocycles. The Balaban J connectivity index is 1.69. The van der Waals surface area contributed by atoms with E-state index in [1.807, 2.05) is 36.2 Å². The number of carbonyl (C=O) groups is 1. The molecule has 0 aliphatic carbocycles. The zero-order valence-electron chi connectivity index (χ0n) is 11.7. The van der Waals surface area contributed by atoms with Crippen molar-refractivity contribution < 1.29 is 14.3 Å². The molecule has 1 N–H and O–H groups in total. The third kappa shape index (κ3) is 2.45. The molecule has 0 aromatic heterocycles. The first-order chi connectivity index (χ1) is 9.79. The first-order valence-electron chi connectivity index (χ1n) is 7.13. The van der Waals surface area contributed by atoms with Gasteiger partial charge >= 0.3 is 0 Å². The lowest BCUT2D eigenvalue weighted by atomic mass is 10.2. The van der Waals surface area contributed by atoms with E-state index < -0.39 is 6.10 Å². The Bertz CT molecular complexity index is 492. The number of likely N-dealkylation sites (N-methyl/N-ethyl adjacent to an activating group) is 1. The lowest BCUT2D eigenvalue weighted by molar-refractivity contribution is -0.142. The molecular formula is C15H20N2O3. The average Bonchev–Trinajstić information content (AvgIpc) is 2.94. The molecule has 5 heteroatoms. The molecule has 108 valence electrons. The van der Waals surface area contributed by atoms with Gasteiger partial charge in [0.1, 0.15) is 6.61 Å². The molecule has 0 bridgehead atoms. The first-order valence-corrected chi connectivity index (χ1v) is 7.13. The second-order valence-electron chi connectivity index (χ2n) is 5.25. The van der Waals surface area contributed by atoms with Crippen LogP contribution in [-0.2, 0) is 4.79 Å². The molecule has 2 unspecified atom stereocenters. The molecule has 1 amide bonds. The van der Waals surface area contributed by atoms with E-state index in [1.165, 1.54) is 0 Å². The zero-order chi connectivity index (χ0) is 13.9. The van der Waals surface area contributed by atoms with Crippen LogP contribution in [-0.4, -0.2) is 49.7 Å². The highest BCUT2D eigenvalue weighted by molar-refractivity contribution is 5.82. The van der Waals surface area contributed by atoms with Gasteiger partial charge in [-0.2, -0.15) is 0 Å². The molecule has 5 nitrogen and oxygen atoms in total. The van der Waals surface area contributed by atoms with Crippen LogP contribution in [0.2, 0.25) is 0 Å². The Kier molecular flexibility index (Phi) is 3.78. The first kappa shape index (κ1) is 13.2. The van der Waals surface area contributed by atoms with Crippen LogP contribution >= 0.6 is 0 Å². The van der Waals surface area contributed by atoms with Crippen molar-refractivity contribution in [3.05, 3.63) is 24.3 Å². The van der Waals surface area contributed by atoms with Crippen LogP contribution in [0.4, 0.5) is 0 Å². The molecule has 1 aromatic rings. The van der Waals surface area contributed by atoms with E-state index in [1.54, 1.807) is 0 Å². The topological polar surface area (TPSA) is 50.8 Å². The molecule has 2 aliphatic rings. The van der Waals surface area contributed by atoms with E-state index >= 15 is 0 Å². The normalized spacial score (nSPS) is 24.8. The van der Waals surface area contributed by atoms with Gasteiger partial charge in [-0.1, -0.05) is 12.1 Å². The van der Waals surface area contributed by atoms with Gasteiger partial charge < -0.3 is 19.7 Å². The number of amides is 1. The molecule has 3 rings (SSSR count). The molecular weight excluding hydrogens is 256 g/mol. The maximum atomic E-state index is 12.6. The van der Waals surface area contributed by atoms with Crippen LogP contribution < -0.4 is 14.8 Å². The standard InChI is InChI=1S/C15H20N2O3/c1-16-9-11-5-4-8-17(11)15(18)14-10-19-12-6-2-3-7-13(12)20-14/h2-3,6-7,11,14,16H,4-5,8-10H2,1H3. The lowest BCUT2D eigenvalue weighted by Crippen LogP contribution is -2.50. The number of ether oxygens (including phenoxy) is 2. The summed E-state index contributed by atoms with van der Waals surface area (Å²) in [6.45, 7) is 1.93. The summed E-state index contributed by atoms with van der Waals surface area (Å²) in [5.41, 5.74) is 0. The Morgan fingerprint density at radius 1 is 1.40 bits per heavy atom. The minimum atomic E-state index is -0.526. The van der Waals surface area contributed by atoms with E-state index in [0.717, 1.165) is 25.9 Å². The maximum Gasteiger partial charge on any atom is 0.267 e. The SMILES string of the molecule is CNCC1CCCN1C(=O)C1COc2ccccc2O1.